The number of H-pyrrole nitrogens is 1. The van der Waals surface area contributed by atoms with Crippen molar-refractivity contribution in [1.29, 1.82) is 0 Å². The van der Waals surface area contributed by atoms with Crippen LogP contribution in [-0.2, 0) is 4.74 Å². The zero-order chi connectivity index (χ0) is 12.5. The number of carbonyl (C=O) groups excluding carboxylic acids is 1. The van der Waals surface area contributed by atoms with E-state index in [1.165, 1.54) is 0 Å². The maximum Gasteiger partial charge on any atom is 0.275 e. The number of hydrogen-bond acceptors (Lipinski definition) is 3. The van der Waals surface area contributed by atoms with Crippen LogP contribution < -0.4 is 0 Å². The summed E-state index contributed by atoms with van der Waals surface area (Å²) in [5, 5.41) is 7.89. The lowest BCUT2D eigenvalue weighted by Gasteiger charge is -2.22. The van der Waals surface area contributed by atoms with Crippen molar-refractivity contribution in [3.05, 3.63) is 30.0 Å². The average Bonchev–Trinajstić information content (AvgIpc) is 3.06. The summed E-state index contributed by atoms with van der Waals surface area (Å²) in [6.45, 7) is 1.34. The van der Waals surface area contributed by atoms with Crippen LogP contribution in [-0.4, -0.2) is 47.3 Å². The summed E-state index contributed by atoms with van der Waals surface area (Å²) in [6.07, 6.45) is 0.893. The number of para-hydroxylation sites is 1. The van der Waals surface area contributed by atoms with Crippen molar-refractivity contribution in [3.63, 3.8) is 0 Å². The predicted octanol–water partition coefficient (Wildman–Crippen LogP) is 1.42. The highest BCUT2D eigenvalue weighted by Crippen LogP contribution is 2.19. The maximum absolute atomic E-state index is 12.4. The maximum atomic E-state index is 12.4. The molecule has 0 bridgehead atoms. The summed E-state index contributed by atoms with van der Waals surface area (Å²) in [7, 11) is 1.81. The van der Waals surface area contributed by atoms with E-state index in [9.17, 15) is 4.79 Å². The molecule has 0 radical (unpaired) electrons. The molecule has 1 amide bonds. The molecule has 1 aliphatic rings. The van der Waals surface area contributed by atoms with Gasteiger partial charge in [-0.25, -0.2) is 0 Å². The van der Waals surface area contributed by atoms with Crippen molar-refractivity contribution in [3.8, 4) is 0 Å². The van der Waals surface area contributed by atoms with Crippen LogP contribution in [0.15, 0.2) is 24.3 Å². The van der Waals surface area contributed by atoms with Gasteiger partial charge in [-0.05, 0) is 12.5 Å². The molecule has 1 aromatic carbocycles. The van der Waals surface area contributed by atoms with Crippen LogP contribution in [0.5, 0.6) is 0 Å². The highest BCUT2D eigenvalue weighted by Gasteiger charge is 2.27. The first-order valence-electron chi connectivity index (χ1n) is 6.05. The Bertz CT molecular complexity index is 572. The average molecular weight is 245 g/mol. The van der Waals surface area contributed by atoms with Crippen molar-refractivity contribution >= 4 is 16.8 Å². The van der Waals surface area contributed by atoms with Crippen molar-refractivity contribution in [2.24, 2.45) is 0 Å². The van der Waals surface area contributed by atoms with Gasteiger partial charge in [0, 0.05) is 19.0 Å². The van der Waals surface area contributed by atoms with E-state index in [-0.39, 0.29) is 11.9 Å². The molecule has 2 aromatic rings. The molecule has 5 nitrogen and oxygen atoms in total. The Balaban J connectivity index is 1.91. The molecule has 1 fully saturated rings. The van der Waals surface area contributed by atoms with Gasteiger partial charge in [0.15, 0.2) is 5.69 Å². The van der Waals surface area contributed by atoms with Crippen molar-refractivity contribution in [1.82, 2.24) is 15.1 Å². The normalized spacial score (nSPS) is 19.3. The summed E-state index contributed by atoms with van der Waals surface area (Å²) < 4.78 is 5.31. The second-order valence-electron chi connectivity index (χ2n) is 4.55. The van der Waals surface area contributed by atoms with E-state index in [0.717, 1.165) is 23.9 Å². The first-order valence-corrected chi connectivity index (χ1v) is 6.05. The van der Waals surface area contributed by atoms with E-state index in [4.69, 9.17) is 4.74 Å². The fourth-order valence-corrected chi connectivity index (χ4v) is 2.29. The summed E-state index contributed by atoms with van der Waals surface area (Å²) in [5.74, 6) is -0.0528. The highest BCUT2D eigenvalue weighted by molar-refractivity contribution is 6.04. The minimum atomic E-state index is -0.0528. The topological polar surface area (TPSA) is 58.2 Å². The summed E-state index contributed by atoms with van der Waals surface area (Å²) >= 11 is 0. The smallest absolute Gasteiger partial charge is 0.275 e. The van der Waals surface area contributed by atoms with Crippen LogP contribution in [0.1, 0.15) is 16.9 Å². The van der Waals surface area contributed by atoms with Crippen LogP contribution in [0.3, 0.4) is 0 Å². The third kappa shape index (κ3) is 1.76. The molecule has 18 heavy (non-hydrogen) atoms. The Morgan fingerprint density at radius 2 is 2.33 bits per heavy atom. The molecule has 94 valence electrons. The number of amides is 1. The van der Waals surface area contributed by atoms with Gasteiger partial charge < -0.3 is 9.64 Å². The number of rotatable bonds is 2. The Hall–Kier alpha value is -1.88. The Morgan fingerprint density at radius 3 is 3.11 bits per heavy atom. The zero-order valence-electron chi connectivity index (χ0n) is 10.2. The van der Waals surface area contributed by atoms with E-state index in [1.54, 1.807) is 4.90 Å². The second-order valence-corrected chi connectivity index (χ2v) is 4.55. The number of aromatic nitrogens is 2. The molecule has 1 saturated heterocycles. The van der Waals surface area contributed by atoms with Gasteiger partial charge in [-0.1, -0.05) is 18.2 Å². The minimum Gasteiger partial charge on any atom is -0.379 e. The van der Waals surface area contributed by atoms with Crippen LogP contribution in [0, 0.1) is 0 Å². The number of benzene rings is 1. The molecule has 1 N–H and O–H groups in total. The molecule has 1 aromatic heterocycles. The minimum absolute atomic E-state index is 0.0528. The van der Waals surface area contributed by atoms with Gasteiger partial charge in [0.05, 0.1) is 18.2 Å². The summed E-state index contributed by atoms with van der Waals surface area (Å²) in [4.78, 5) is 14.1. The lowest BCUT2D eigenvalue weighted by molar-refractivity contribution is 0.0707. The van der Waals surface area contributed by atoms with Gasteiger partial charge in [0.1, 0.15) is 0 Å². The third-order valence-electron chi connectivity index (χ3n) is 3.45. The molecule has 1 unspecified atom stereocenters. The lowest BCUT2D eigenvalue weighted by atomic mass is 10.1. The van der Waals surface area contributed by atoms with Gasteiger partial charge in [0.25, 0.3) is 5.91 Å². The van der Waals surface area contributed by atoms with Crippen molar-refractivity contribution in [2.75, 3.05) is 20.3 Å². The van der Waals surface area contributed by atoms with Gasteiger partial charge in [-0.2, -0.15) is 5.10 Å². The fourth-order valence-electron chi connectivity index (χ4n) is 2.29. The molecule has 0 saturated carbocycles. The number of likely N-dealkylation sites (N-methyl/N-ethyl adjacent to an activating group) is 1. The predicted molar refractivity (Wildman–Crippen MR) is 67.4 cm³/mol. The number of carbonyl (C=O) groups is 1. The second kappa shape index (κ2) is 4.42. The summed E-state index contributed by atoms with van der Waals surface area (Å²) in [5.41, 5.74) is 1.37. The van der Waals surface area contributed by atoms with Gasteiger partial charge in [0.2, 0.25) is 0 Å². The van der Waals surface area contributed by atoms with E-state index in [0.29, 0.717) is 12.3 Å². The molecule has 2 heterocycles. The summed E-state index contributed by atoms with van der Waals surface area (Å²) in [6, 6.07) is 7.81. The van der Waals surface area contributed by atoms with Gasteiger partial charge >= 0.3 is 0 Å². The molecule has 5 heteroatoms. The molecular weight excluding hydrogens is 230 g/mol. The first kappa shape index (κ1) is 11.2. The first-order chi connectivity index (χ1) is 8.77. The largest absolute Gasteiger partial charge is 0.379 e. The molecule has 0 aliphatic carbocycles. The highest BCUT2D eigenvalue weighted by atomic mass is 16.5. The van der Waals surface area contributed by atoms with Crippen LogP contribution in [0.2, 0.25) is 0 Å². The number of aromatic amines is 1. The Labute approximate surface area is 105 Å². The fraction of sp³-hybridized carbons (Fsp3) is 0.385. The lowest BCUT2D eigenvalue weighted by Crippen LogP contribution is -2.37. The molecule has 1 aliphatic heterocycles. The van der Waals surface area contributed by atoms with Crippen LogP contribution >= 0.6 is 0 Å². The molecular formula is C13H15N3O2. The standard InChI is InChI=1S/C13H15N3O2/c1-16(9-6-7-18-8-9)13(17)12-10-4-2-3-5-11(10)14-15-12/h2-5,9H,6-8H2,1H3,(H,14,15). The number of nitrogens with one attached hydrogen (secondary N) is 1. The van der Waals surface area contributed by atoms with Crippen LogP contribution in [0.25, 0.3) is 10.9 Å². The van der Waals surface area contributed by atoms with Crippen molar-refractivity contribution in [2.45, 2.75) is 12.5 Å². The van der Waals surface area contributed by atoms with E-state index >= 15 is 0 Å². The van der Waals surface area contributed by atoms with Crippen LogP contribution in [0.4, 0.5) is 0 Å². The molecule has 1 atom stereocenters. The molecule has 3 rings (SSSR count). The van der Waals surface area contributed by atoms with Gasteiger partial charge in [-0.15, -0.1) is 0 Å². The SMILES string of the molecule is CN(C(=O)c1n[nH]c2ccccc12)C1CCOC1. The zero-order valence-corrected chi connectivity index (χ0v) is 10.2. The van der Waals surface area contributed by atoms with Gasteiger partial charge in [-0.3, -0.25) is 9.89 Å². The third-order valence-corrected chi connectivity index (χ3v) is 3.45. The quantitative estimate of drug-likeness (QED) is 0.870. The van der Waals surface area contributed by atoms with E-state index in [1.807, 2.05) is 31.3 Å². The monoisotopic (exact) mass is 245 g/mol. The number of fused-ring (bicyclic) bond motifs is 1. The van der Waals surface area contributed by atoms with Crippen molar-refractivity contribution < 1.29 is 9.53 Å². The Morgan fingerprint density at radius 1 is 1.50 bits per heavy atom. The molecule has 0 spiro atoms. The number of hydrogen-bond donors (Lipinski definition) is 1. The Kier molecular flexibility index (Phi) is 2.76. The number of nitrogens with zero attached hydrogens (tertiary/aromatic N) is 2. The van der Waals surface area contributed by atoms with E-state index in [2.05, 4.69) is 10.2 Å². The van der Waals surface area contributed by atoms with E-state index < -0.39 is 0 Å². The number of ether oxygens (including phenoxy) is 1.